The summed E-state index contributed by atoms with van der Waals surface area (Å²) >= 11 is 0. The number of carbonyl (C=O) groups excluding carboxylic acids is 3. The van der Waals surface area contributed by atoms with E-state index in [9.17, 15) is 22.8 Å². The van der Waals surface area contributed by atoms with E-state index in [1.807, 2.05) is 22.9 Å². The Kier molecular flexibility index (Phi) is 9.12. The lowest BCUT2D eigenvalue weighted by atomic mass is 10.2. The molecule has 11 heteroatoms. The lowest BCUT2D eigenvalue weighted by molar-refractivity contribution is -0.143. The van der Waals surface area contributed by atoms with Crippen LogP contribution in [0.5, 0.6) is 5.75 Å². The molecule has 0 saturated carbocycles. The molecular weight excluding hydrogens is 486 g/mol. The molecular formula is C25H25N3O7S. The molecule has 0 radical (unpaired) electrons. The molecule has 0 unspecified atom stereocenters. The minimum Gasteiger partial charge on any atom is -0.497 e. The van der Waals surface area contributed by atoms with Gasteiger partial charge < -0.3 is 14.8 Å². The van der Waals surface area contributed by atoms with Crippen LogP contribution < -0.4 is 14.8 Å². The molecule has 2 aromatic carbocycles. The highest BCUT2D eigenvalue weighted by molar-refractivity contribution is 7.90. The molecule has 0 saturated heterocycles. The highest BCUT2D eigenvalue weighted by Crippen LogP contribution is 2.12. The Labute approximate surface area is 208 Å². The monoisotopic (exact) mass is 511 g/mol. The van der Waals surface area contributed by atoms with Crippen molar-refractivity contribution < 1.29 is 32.3 Å². The smallest absolute Gasteiger partial charge is 0.325 e. The third-order valence-corrected chi connectivity index (χ3v) is 6.20. The predicted octanol–water partition coefficient (Wildman–Crippen LogP) is 1.87. The van der Waals surface area contributed by atoms with Crippen molar-refractivity contribution >= 4 is 27.8 Å². The van der Waals surface area contributed by atoms with Gasteiger partial charge in [0.05, 0.1) is 18.4 Å². The molecule has 0 atom stereocenters. The maximum absolute atomic E-state index is 12.3. The molecule has 188 valence electrons. The van der Waals surface area contributed by atoms with E-state index in [0.717, 1.165) is 17.3 Å². The molecule has 1 aromatic heterocycles. The van der Waals surface area contributed by atoms with Gasteiger partial charge >= 0.3 is 5.97 Å². The van der Waals surface area contributed by atoms with Crippen LogP contribution in [0.3, 0.4) is 0 Å². The summed E-state index contributed by atoms with van der Waals surface area (Å²) in [4.78, 5) is 40.2. The van der Waals surface area contributed by atoms with Crippen molar-refractivity contribution in [2.24, 2.45) is 0 Å². The summed E-state index contributed by atoms with van der Waals surface area (Å²) in [5, 5.41) is 2.38. The van der Waals surface area contributed by atoms with E-state index >= 15 is 0 Å². The Morgan fingerprint density at radius 3 is 2.25 bits per heavy atom. The molecule has 0 fully saturated rings. The molecule has 0 aliphatic carbocycles. The van der Waals surface area contributed by atoms with Gasteiger partial charge in [0, 0.05) is 6.20 Å². The number of carbonyl (C=O) groups is 3. The average molecular weight is 512 g/mol. The number of sulfonamides is 1. The van der Waals surface area contributed by atoms with Crippen LogP contribution in [0.25, 0.3) is 0 Å². The average Bonchev–Trinajstić information content (AvgIpc) is 2.90. The van der Waals surface area contributed by atoms with Crippen LogP contribution in [0.4, 0.5) is 0 Å². The fourth-order valence-electron chi connectivity index (χ4n) is 2.99. The number of amides is 2. The first-order valence-electron chi connectivity index (χ1n) is 10.9. The number of pyridine rings is 1. The zero-order chi connectivity index (χ0) is 26.0. The molecule has 0 aliphatic heterocycles. The molecule has 2 N–H and O–H groups in total. The summed E-state index contributed by atoms with van der Waals surface area (Å²) in [6, 6.07) is 18.5. The SMILES string of the molecule is COc1ccc(CCS(=O)(=O)NC(=O)c2ccc(C(=O)NCC(=O)OCc3ccccc3)nc2)cc1. The molecule has 0 bridgehead atoms. The standard InChI is InChI=1S/C25H25N3O7S/c1-34-21-10-7-18(8-11-21)13-14-36(32,33)28-24(30)20-9-12-22(26-15-20)25(31)27-16-23(29)35-17-19-5-3-2-4-6-19/h2-12,15H,13-14,16-17H2,1H3,(H,27,31)(H,28,30). The van der Waals surface area contributed by atoms with Crippen LogP contribution in [0, 0.1) is 0 Å². The van der Waals surface area contributed by atoms with Crippen molar-refractivity contribution in [1.29, 1.82) is 0 Å². The highest BCUT2D eigenvalue weighted by atomic mass is 32.2. The number of aromatic nitrogens is 1. The van der Waals surface area contributed by atoms with Crippen LogP contribution in [-0.4, -0.2) is 50.6 Å². The van der Waals surface area contributed by atoms with Gasteiger partial charge in [-0.1, -0.05) is 42.5 Å². The lowest BCUT2D eigenvalue weighted by Gasteiger charge is -2.08. The minimum atomic E-state index is -3.90. The minimum absolute atomic E-state index is 0.0400. The number of hydrogen-bond donors (Lipinski definition) is 2. The van der Waals surface area contributed by atoms with Gasteiger partial charge in [0.25, 0.3) is 11.8 Å². The van der Waals surface area contributed by atoms with Gasteiger partial charge in [0.15, 0.2) is 0 Å². The molecule has 3 aromatic rings. The first-order chi connectivity index (χ1) is 17.3. The molecule has 1 heterocycles. The highest BCUT2D eigenvalue weighted by Gasteiger charge is 2.18. The van der Waals surface area contributed by atoms with Gasteiger partial charge in [0.1, 0.15) is 24.6 Å². The third kappa shape index (κ3) is 8.20. The molecule has 0 spiro atoms. The van der Waals surface area contributed by atoms with E-state index in [1.165, 1.54) is 19.2 Å². The van der Waals surface area contributed by atoms with Crippen LogP contribution in [0.1, 0.15) is 32.0 Å². The van der Waals surface area contributed by atoms with E-state index in [-0.39, 0.29) is 36.6 Å². The summed E-state index contributed by atoms with van der Waals surface area (Å²) < 4.78 is 36.7. The first-order valence-corrected chi connectivity index (χ1v) is 12.5. The topological polar surface area (TPSA) is 141 Å². The van der Waals surface area contributed by atoms with E-state index in [1.54, 1.807) is 36.4 Å². The van der Waals surface area contributed by atoms with Gasteiger partial charge in [-0.3, -0.25) is 19.4 Å². The second kappa shape index (κ2) is 12.5. The van der Waals surface area contributed by atoms with E-state index in [0.29, 0.717) is 5.75 Å². The Morgan fingerprint density at radius 2 is 1.61 bits per heavy atom. The Hall–Kier alpha value is -4.25. The first kappa shape index (κ1) is 26.4. The molecule has 10 nitrogen and oxygen atoms in total. The number of aryl methyl sites for hydroxylation is 1. The third-order valence-electron chi connectivity index (χ3n) is 4.96. The summed E-state index contributed by atoms with van der Waals surface area (Å²) in [6.45, 7) is -0.275. The number of benzene rings is 2. The summed E-state index contributed by atoms with van der Waals surface area (Å²) in [5.41, 5.74) is 1.50. The summed E-state index contributed by atoms with van der Waals surface area (Å²) in [5.74, 6) is -1.77. The second-order valence-corrected chi connectivity index (χ2v) is 9.45. The van der Waals surface area contributed by atoms with Crippen LogP contribution in [0.2, 0.25) is 0 Å². The van der Waals surface area contributed by atoms with E-state index in [4.69, 9.17) is 9.47 Å². The number of ether oxygens (including phenoxy) is 2. The number of methoxy groups -OCH3 is 1. The van der Waals surface area contributed by atoms with E-state index < -0.39 is 27.8 Å². The number of nitrogens with one attached hydrogen (secondary N) is 2. The quantitative estimate of drug-likeness (QED) is 0.372. The fourth-order valence-corrected chi connectivity index (χ4v) is 4.00. The van der Waals surface area contributed by atoms with Gasteiger partial charge in [0.2, 0.25) is 10.0 Å². The lowest BCUT2D eigenvalue weighted by Crippen LogP contribution is -2.33. The maximum atomic E-state index is 12.3. The van der Waals surface area contributed by atoms with Crippen molar-refractivity contribution in [3.05, 3.63) is 95.3 Å². The van der Waals surface area contributed by atoms with Crippen molar-refractivity contribution in [2.45, 2.75) is 13.0 Å². The Bertz CT molecular complexity index is 1290. The van der Waals surface area contributed by atoms with Gasteiger partial charge in [-0.25, -0.2) is 13.1 Å². The van der Waals surface area contributed by atoms with E-state index in [2.05, 4.69) is 10.3 Å². The van der Waals surface area contributed by atoms with Crippen molar-refractivity contribution in [3.63, 3.8) is 0 Å². The number of rotatable bonds is 11. The molecule has 3 rings (SSSR count). The number of nitrogens with zero attached hydrogens (tertiary/aromatic N) is 1. The summed E-state index contributed by atoms with van der Waals surface area (Å²) in [7, 11) is -2.37. The number of hydrogen-bond acceptors (Lipinski definition) is 8. The van der Waals surface area contributed by atoms with Crippen LogP contribution >= 0.6 is 0 Å². The molecule has 36 heavy (non-hydrogen) atoms. The largest absolute Gasteiger partial charge is 0.497 e. The Balaban J connectivity index is 1.45. The number of esters is 1. The maximum Gasteiger partial charge on any atom is 0.325 e. The van der Waals surface area contributed by atoms with Gasteiger partial charge in [-0.05, 0) is 41.8 Å². The van der Waals surface area contributed by atoms with Gasteiger partial charge in [-0.15, -0.1) is 0 Å². The fraction of sp³-hybridized carbons (Fsp3) is 0.200. The second-order valence-electron chi connectivity index (χ2n) is 7.61. The van der Waals surface area contributed by atoms with Crippen LogP contribution in [-0.2, 0) is 32.6 Å². The molecule has 2 amide bonds. The predicted molar refractivity (Wildman–Crippen MR) is 131 cm³/mol. The van der Waals surface area contributed by atoms with Gasteiger partial charge in [-0.2, -0.15) is 0 Å². The zero-order valence-corrected chi connectivity index (χ0v) is 20.3. The van der Waals surface area contributed by atoms with Crippen molar-refractivity contribution in [2.75, 3.05) is 19.4 Å². The Morgan fingerprint density at radius 1 is 0.889 bits per heavy atom. The normalized spacial score (nSPS) is 10.8. The van der Waals surface area contributed by atoms with Crippen LogP contribution in [0.15, 0.2) is 72.9 Å². The van der Waals surface area contributed by atoms with Crippen molar-refractivity contribution in [3.8, 4) is 5.75 Å². The molecule has 0 aliphatic rings. The van der Waals surface area contributed by atoms with Crippen molar-refractivity contribution in [1.82, 2.24) is 15.0 Å². The summed E-state index contributed by atoms with van der Waals surface area (Å²) in [6.07, 6.45) is 1.29. The zero-order valence-electron chi connectivity index (χ0n) is 19.5.